The van der Waals surface area contributed by atoms with Crippen LogP contribution in [0.4, 0.5) is 5.69 Å². The van der Waals surface area contributed by atoms with Gasteiger partial charge in [-0.05, 0) is 18.2 Å². The normalized spacial score (nSPS) is 14.1. The van der Waals surface area contributed by atoms with Gasteiger partial charge in [-0.25, -0.2) is 0 Å². The number of ether oxygens (including phenoxy) is 1. The van der Waals surface area contributed by atoms with Crippen molar-refractivity contribution in [3.63, 3.8) is 0 Å². The number of primary amides is 1. The van der Waals surface area contributed by atoms with Crippen molar-refractivity contribution in [1.82, 2.24) is 14.7 Å². The topological polar surface area (TPSA) is 120 Å². The third-order valence-electron chi connectivity index (χ3n) is 3.96. The number of aromatic nitrogens is 2. The van der Waals surface area contributed by atoms with E-state index in [2.05, 4.69) is 10.4 Å². The molecule has 0 saturated carbocycles. The van der Waals surface area contributed by atoms with Gasteiger partial charge in [-0.2, -0.15) is 5.10 Å². The summed E-state index contributed by atoms with van der Waals surface area (Å²) in [5.41, 5.74) is 6.23. The Kier molecular flexibility index (Phi) is 5.28. The largest absolute Gasteiger partial charge is 0.378 e. The van der Waals surface area contributed by atoms with Crippen LogP contribution in [0.3, 0.4) is 0 Å². The van der Waals surface area contributed by atoms with Gasteiger partial charge in [0, 0.05) is 30.4 Å². The second kappa shape index (κ2) is 7.79. The van der Waals surface area contributed by atoms with Crippen LogP contribution in [0.5, 0.6) is 0 Å². The molecular formula is C17H19N5O4. The molecule has 2 heterocycles. The molecule has 3 N–H and O–H groups in total. The Morgan fingerprint density at radius 1 is 1.19 bits per heavy atom. The molecule has 136 valence electrons. The van der Waals surface area contributed by atoms with Crippen LogP contribution in [-0.2, 0) is 16.1 Å². The molecule has 1 fully saturated rings. The number of morpholine rings is 1. The molecule has 0 atom stereocenters. The molecule has 0 aliphatic carbocycles. The minimum atomic E-state index is -0.603. The molecule has 9 nitrogen and oxygen atoms in total. The van der Waals surface area contributed by atoms with Crippen LogP contribution in [0.15, 0.2) is 36.7 Å². The summed E-state index contributed by atoms with van der Waals surface area (Å²) in [7, 11) is 0. The Balaban J connectivity index is 1.61. The number of benzene rings is 1. The highest BCUT2D eigenvalue weighted by atomic mass is 16.5. The Bertz CT molecular complexity index is 826. The van der Waals surface area contributed by atoms with Gasteiger partial charge in [0.05, 0.1) is 25.1 Å². The molecule has 2 aromatic rings. The summed E-state index contributed by atoms with van der Waals surface area (Å²) in [5, 5.41) is 6.77. The van der Waals surface area contributed by atoms with Gasteiger partial charge in [0.25, 0.3) is 5.91 Å². The van der Waals surface area contributed by atoms with E-state index >= 15 is 0 Å². The Hall–Kier alpha value is -3.20. The van der Waals surface area contributed by atoms with Crippen LogP contribution in [0.2, 0.25) is 0 Å². The third-order valence-corrected chi connectivity index (χ3v) is 3.96. The third kappa shape index (κ3) is 4.25. The van der Waals surface area contributed by atoms with E-state index in [9.17, 15) is 14.4 Å². The van der Waals surface area contributed by atoms with Crippen LogP contribution in [0, 0.1) is 0 Å². The lowest BCUT2D eigenvalue weighted by Gasteiger charge is -2.26. The van der Waals surface area contributed by atoms with E-state index in [-0.39, 0.29) is 18.0 Å². The Morgan fingerprint density at radius 2 is 1.92 bits per heavy atom. The van der Waals surface area contributed by atoms with Crippen molar-refractivity contribution in [2.24, 2.45) is 5.73 Å². The molecule has 1 aromatic heterocycles. The van der Waals surface area contributed by atoms with Gasteiger partial charge in [-0.3, -0.25) is 19.1 Å². The molecule has 0 bridgehead atoms. The monoisotopic (exact) mass is 357 g/mol. The van der Waals surface area contributed by atoms with Crippen molar-refractivity contribution >= 4 is 23.4 Å². The quantitative estimate of drug-likeness (QED) is 0.786. The SMILES string of the molecule is NC(=O)c1cccc(C(=O)Nc2cnn(CC(=O)N3CCOCC3)c2)c1. The maximum atomic E-state index is 12.3. The van der Waals surface area contributed by atoms with Gasteiger partial charge in [0.15, 0.2) is 0 Å². The van der Waals surface area contributed by atoms with Crippen molar-refractivity contribution in [1.29, 1.82) is 0 Å². The summed E-state index contributed by atoms with van der Waals surface area (Å²) in [6.45, 7) is 2.31. The number of hydrogen-bond acceptors (Lipinski definition) is 5. The van der Waals surface area contributed by atoms with E-state index in [0.717, 1.165) is 0 Å². The molecule has 0 unspecified atom stereocenters. The number of nitrogens with one attached hydrogen (secondary N) is 1. The summed E-state index contributed by atoms with van der Waals surface area (Å²) in [6.07, 6.45) is 3.04. The van der Waals surface area contributed by atoms with E-state index in [1.54, 1.807) is 23.2 Å². The van der Waals surface area contributed by atoms with Crippen LogP contribution in [0.25, 0.3) is 0 Å². The smallest absolute Gasteiger partial charge is 0.255 e. The second-order valence-electron chi connectivity index (χ2n) is 5.82. The van der Waals surface area contributed by atoms with Gasteiger partial charge in [-0.15, -0.1) is 0 Å². The first kappa shape index (κ1) is 17.6. The summed E-state index contributed by atoms with van der Waals surface area (Å²) < 4.78 is 6.69. The fraction of sp³-hybridized carbons (Fsp3) is 0.294. The number of hydrogen-bond donors (Lipinski definition) is 2. The van der Waals surface area contributed by atoms with Crippen molar-refractivity contribution in [3.8, 4) is 0 Å². The molecule has 3 amide bonds. The van der Waals surface area contributed by atoms with Gasteiger partial charge in [-0.1, -0.05) is 6.07 Å². The number of amides is 3. The number of nitrogens with zero attached hydrogens (tertiary/aromatic N) is 3. The summed E-state index contributed by atoms with van der Waals surface area (Å²) in [5.74, 6) is -1.05. The van der Waals surface area contributed by atoms with Crippen molar-refractivity contribution in [2.75, 3.05) is 31.6 Å². The second-order valence-corrected chi connectivity index (χ2v) is 5.82. The van der Waals surface area contributed by atoms with Crippen molar-refractivity contribution in [2.45, 2.75) is 6.54 Å². The van der Waals surface area contributed by atoms with E-state index in [0.29, 0.717) is 37.6 Å². The zero-order valence-electron chi connectivity index (χ0n) is 14.1. The molecule has 1 aliphatic rings. The fourth-order valence-electron chi connectivity index (χ4n) is 2.58. The fourth-order valence-corrected chi connectivity index (χ4v) is 2.58. The van der Waals surface area contributed by atoms with E-state index in [1.807, 2.05) is 0 Å². The standard InChI is InChI=1S/C17H19N5O4/c18-16(24)12-2-1-3-13(8-12)17(25)20-14-9-19-22(10-14)11-15(23)21-4-6-26-7-5-21/h1-3,8-10H,4-7,11H2,(H2,18,24)(H,20,25). The highest BCUT2D eigenvalue weighted by Gasteiger charge is 2.17. The molecule has 9 heteroatoms. The van der Waals surface area contributed by atoms with Crippen LogP contribution >= 0.6 is 0 Å². The van der Waals surface area contributed by atoms with Crippen LogP contribution < -0.4 is 11.1 Å². The first-order valence-electron chi connectivity index (χ1n) is 8.12. The van der Waals surface area contributed by atoms with Gasteiger partial charge < -0.3 is 20.7 Å². The lowest BCUT2D eigenvalue weighted by atomic mass is 10.1. The van der Waals surface area contributed by atoms with E-state index in [1.165, 1.54) is 23.0 Å². The molecule has 1 saturated heterocycles. The molecule has 26 heavy (non-hydrogen) atoms. The van der Waals surface area contributed by atoms with Crippen LogP contribution in [0.1, 0.15) is 20.7 Å². The highest BCUT2D eigenvalue weighted by Crippen LogP contribution is 2.11. The average molecular weight is 357 g/mol. The zero-order valence-corrected chi connectivity index (χ0v) is 14.1. The first-order valence-corrected chi connectivity index (χ1v) is 8.12. The predicted molar refractivity (Wildman–Crippen MR) is 92.5 cm³/mol. The minimum Gasteiger partial charge on any atom is -0.378 e. The molecular weight excluding hydrogens is 338 g/mol. The lowest BCUT2D eigenvalue weighted by molar-refractivity contribution is -0.136. The maximum Gasteiger partial charge on any atom is 0.255 e. The van der Waals surface area contributed by atoms with Crippen LogP contribution in [-0.4, -0.2) is 58.7 Å². The number of rotatable bonds is 5. The van der Waals surface area contributed by atoms with Gasteiger partial charge >= 0.3 is 0 Å². The Morgan fingerprint density at radius 3 is 2.65 bits per heavy atom. The lowest BCUT2D eigenvalue weighted by Crippen LogP contribution is -2.42. The zero-order chi connectivity index (χ0) is 18.5. The molecule has 1 aromatic carbocycles. The molecule has 1 aliphatic heterocycles. The minimum absolute atomic E-state index is 0.0524. The summed E-state index contributed by atoms with van der Waals surface area (Å²) >= 11 is 0. The van der Waals surface area contributed by atoms with Crippen molar-refractivity contribution < 1.29 is 19.1 Å². The maximum absolute atomic E-state index is 12.3. The van der Waals surface area contributed by atoms with E-state index < -0.39 is 11.8 Å². The average Bonchev–Trinajstić information content (AvgIpc) is 3.09. The molecule has 3 rings (SSSR count). The summed E-state index contributed by atoms with van der Waals surface area (Å²) in [6, 6.07) is 6.12. The van der Waals surface area contributed by atoms with Gasteiger partial charge in [0.1, 0.15) is 6.54 Å². The molecule has 0 spiro atoms. The molecule has 0 radical (unpaired) electrons. The number of carbonyl (C=O) groups excluding carboxylic acids is 3. The number of nitrogens with two attached hydrogens (primary N) is 1. The first-order chi connectivity index (χ1) is 12.5. The van der Waals surface area contributed by atoms with Gasteiger partial charge in [0.2, 0.25) is 11.8 Å². The van der Waals surface area contributed by atoms with Crippen molar-refractivity contribution in [3.05, 3.63) is 47.8 Å². The van der Waals surface area contributed by atoms with E-state index in [4.69, 9.17) is 10.5 Å². The number of anilines is 1. The predicted octanol–water partition coefficient (Wildman–Crippen LogP) is 0.0931. The summed E-state index contributed by atoms with van der Waals surface area (Å²) in [4.78, 5) is 37.4. The Labute approximate surface area is 149 Å². The highest BCUT2D eigenvalue weighted by molar-refractivity contribution is 6.05. The number of carbonyl (C=O) groups is 3.